The average molecular weight is 540 g/mol. The average Bonchev–Trinajstić information content (AvgIpc) is 3.62. The molecule has 2 aromatic rings. The fraction of sp³-hybridized carbons (Fsp3) is 0.467. The number of carbonyl (C=O) groups is 2. The summed E-state index contributed by atoms with van der Waals surface area (Å²) in [5.41, 5.74) is 4.12. The molecule has 3 heterocycles. The molecule has 1 aromatic carbocycles. The number of imide groups is 1. The first-order valence-corrected chi connectivity index (χ1v) is 14.2. The summed E-state index contributed by atoms with van der Waals surface area (Å²) in [6.07, 6.45) is 5.71. The monoisotopic (exact) mass is 539 g/mol. The molecule has 0 radical (unpaired) electrons. The van der Waals surface area contributed by atoms with Crippen LogP contribution in [0.15, 0.2) is 52.4 Å². The van der Waals surface area contributed by atoms with E-state index in [1.807, 2.05) is 23.6 Å². The van der Waals surface area contributed by atoms with E-state index in [4.69, 9.17) is 9.47 Å². The number of carbonyl (C=O) groups excluding carboxylic acids is 2. The standard InChI is InChI=1S/C30H34FNO5S/c1-3-5-18(12-19-7-9-25(33)24(31)13-19)8-10-26-27-20(16-36-2)14-22-28(23(27)17-37-26)30(35)32(29(22)34)15-21-6-4-11-38-21/h4,6-7,9,11-13,22-23,26,28,33H,3,5,8,10,14-17H2,1-2H3/b18-12+/t22-,23+,26-,28-/m1/s1. The van der Waals surface area contributed by atoms with Crippen molar-refractivity contribution in [3.63, 3.8) is 0 Å². The number of nitrogens with zero attached hydrogens (tertiary/aromatic N) is 1. The van der Waals surface area contributed by atoms with Gasteiger partial charge in [-0.2, -0.15) is 0 Å². The van der Waals surface area contributed by atoms with Crippen molar-refractivity contribution in [3.8, 4) is 5.75 Å². The number of rotatable bonds is 10. The number of methoxy groups -OCH3 is 1. The van der Waals surface area contributed by atoms with Crippen LogP contribution in [0.5, 0.6) is 5.75 Å². The first kappa shape index (κ1) is 26.8. The molecule has 1 aromatic heterocycles. The third-order valence-electron chi connectivity index (χ3n) is 7.95. The van der Waals surface area contributed by atoms with Gasteiger partial charge in [0.2, 0.25) is 11.8 Å². The molecule has 0 spiro atoms. The van der Waals surface area contributed by atoms with Crippen LogP contribution in [0.25, 0.3) is 6.08 Å². The lowest BCUT2D eigenvalue weighted by Crippen LogP contribution is -2.35. The van der Waals surface area contributed by atoms with Crippen LogP contribution in [-0.2, 0) is 25.6 Å². The maximum absolute atomic E-state index is 13.9. The molecule has 0 unspecified atom stereocenters. The largest absolute Gasteiger partial charge is 0.505 e. The van der Waals surface area contributed by atoms with Gasteiger partial charge in [-0.15, -0.1) is 11.3 Å². The minimum atomic E-state index is -0.633. The summed E-state index contributed by atoms with van der Waals surface area (Å²) in [5.74, 6) is -2.01. The van der Waals surface area contributed by atoms with Crippen molar-refractivity contribution < 1.29 is 28.6 Å². The van der Waals surface area contributed by atoms with Gasteiger partial charge in [-0.05, 0) is 66.0 Å². The maximum atomic E-state index is 13.9. The highest BCUT2D eigenvalue weighted by Crippen LogP contribution is 2.50. The quantitative estimate of drug-likeness (QED) is 0.309. The Hall–Kier alpha value is -2.81. The molecule has 2 fully saturated rings. The fourth-order valence-corrected chi connectivity index (χ4v) is 7.01. The topological polar surface area (TPSA) is 76.1 Å². The van der Waals surface area contributed by atoms with Gasteiger partial charge in [0.25, 0.3) is 0 Å². The van der Waals surface area contributed by atoms with E-state index >= 15 is 0 Å². The number of benzene rings is 1. The van der Waals surface area contributed by atoms with Crippen LogP contribution in [0.1, 0.15) is 49.5 Å². The molecule has 1 N–H and O–H groups in total. The van der Waals surface area contributed by atoms with Crippen molar-refractivity contribution in [1.82, 2.24) is 4.90 Å². The molecule has 6 nitrogen and oxygen atoms in total. The number of amides is 2. The molecule has 0 bridgehead atoms. The van der Waals surface area contributed by atoms with E-state index in [-0.39, 0.29) is 41.4 Å². The smallest absolute Gasteiger partial charge is 0.234 e. The highest BCUT2D eigenvalue weighted by Gasteiger charge is 2.56. The van der Waals surface area contributed by atoms with E-state index in [0.717, 1.165) is 47.3 Å². The van der Waals surface area contributed by atoms with E-state index in [1.54, 1.807) is 24.5 Å². The Morgan fingerprint density at radius 1 is 1.24 bits per heavy atom. The van der Waals surface area contributed by atoms with Crippen LogP contribution >= 0.6 is 11.3 Å². The molecule has 0 saturated carbocycles. The summed E-state index contributed by atoms with van der Waals surface area (Å²) in [7, 11) is 1.66. The summed E-state index contributed by atoms with van der Waals surface area (Å²) < 4.78 is 25.7. The molecule has 2 aliphatic heterocycles. The normalized spacial score (nSPS) is 25.3. The number of hydrogen-bond donors (Lipinski definition) is 1. The minimum Gasteiger partial charge on any atom is -0.505 e. The number of likely N-dealkylation sites (tertiary alicyclic amines) is 1. The molecule has 38 heavy (non-hydrogen) atoms. The predicted octanol–water partition coefficient (Wildman–Crippen LogP) is 5.72. The second-order valence-electron chi connectivity index (χ2n) is 10.4. The lowest BCUT2D eigenvalue weighted by Gasteiger charge is -2.31. The van der Waals surface area contributed by atoms with Crippen LogP contribution in [0.2, 0.25) is 0 Å². The van der Waals surface area contributed by atoms with Gasteiger partial charge >= 0.3 is 0 Å². The highest BCUT2D eigenvalue weighted by molar-refractivity contribution is 7.09. The van der Waals surface area contributed by atoms with Gasteiger partial charge in [0.1, 0.15) is 0 Å². The maximum Gasteiger partial charge on any atom is 0.234 e. The molecule has 3 aliphatic rings. The highest BCUT2D eigenvalue weighted by atomic mass is 32.1. The van der Waals surface area contributed by atoms with Crippen molar-refractivity contribution >= 4 is 29.2 Å². The Kier molecular flexibility index (Phi) is 8.12. The summed E-state index contributed by atoms with van der Waals surface area (Å²) in [6, 6.07) is 8.32. The van der Waals surface area contributed by atoms with Crippen LogP contribution < -0.4 is 0 Å². The number of halogens is 1. The van der Waals surface area contributed by atoms with Gasteiger partial charge in [-0.1, -0.05) is 37.1 Å². The Bertz CT molecular complexity index is 1250. The first-order chi connectivity index (χ1) is 18.4. The van der Waals surface area contributed by atoms with E-state index in [2.05, 4.69) is 6.92 Å². The molecular weight excluding hydrogens is 505 g/mol. The zero-order valence-electron chi connectivity index (χ0n) is 21.8. The van der Waals surface area contributed by atoms with E-state index in [9.17, 15) is 19.1 Å². The van der Waals surface area contributed by atoms with Gasteiger partial charge in [0, 0.05) is 17.9 Å². The summed E-state index contributed by atoms with van der Waals surface area (Å²) in [5, 5.41) is 11.5. The second-order valence-corrected chi connectivity index (χ2v) is 11.4. The van der Waals surface area contributed by atoms with Crippen molar-refractivity contribution in [2.45, 2.75) is 51.7 Å². The molecule has 1 aliphatic carbocycles. The van der Waals surface area contributed by atoms with Crippen LogP contribution in [0, 0.1) is 23.6 Å². The number of phenolic OH excluding ortho intramolecular Hbond substituents is 1. The Labute approximate surface area is 226 Å². The third kappa shape index (κ3) is 5.22. The van der Waals surface area contributed by atoms with Crippen molar-refractivity contribution in [2.75, 3.05) is 20.3 Å². The third-order valence-corrected chi connectivity index (χ3v) is 8.81. The fourth-order valence-electron chi connectivity index (χ4n) is 6.31. The second kappa shape index (κ2) is 11.5. The zero-order chi connectivity index (χ0) is 26.8. The summed E-state index contributed by atoms with van der Waals surface area (Å²) in [4.78, 5) is 29.3. The van der Waals surface area contributed by atoms with E-state index < -0.39 is 5.82 Å². The van der Waals surface area contributed by atoms with Gasteiger partial charge < -0.3 is 14.6 Å². The first-order valence-electron chi connectivity index (χ1n) is 13.3. The van der Waals surface area contributed by atoms with Gasteiger partial charge in [0.15, 0.2) is 11.6 Å². The van der Waals surface area contributed by atoms with Crippen LogP contribution in [0.3, 0.4) is 0 Å². The Morgan fingerprint density at radius 2 is 2.08 bits per heavy atom. The lowest BCUT2D eigenvalue weighted by molar-refractivity contribution is -0.140. The molecule has 8 heteroatoms. The summed E-state index contributed by atoms with van der Waals surface area (Å²) >= 11 is 1.55. The zero-order valence-corrected chi connectivity index (χ0v) is 22.6. The van der Waals surface area contributed by atoms with Gasteiger partial charge in [-0.3, -0.25) is 14.5 Å². The van der Waals surface area contributed by atoms with Crippen molar-refractivity contribution in [1.29, 1.82) is 0 Å². The molecule has 202 valence electrons. The Balaban J connectivity index is 1.35. The molecular formula is C30H34FNO5S. The van der Waals surface area contributed by atoms with Crippen molar-refractivity contribution in [3.05, 3.63) is 68.7 Å². The van der Waals surface area contributed by atoms with Gasteiger partial charge in [0.05, 0.1) is 37.7 Å². The number of fused-ring (bicyclic) bond motifs is 3. The number of hydrogen-bond acceptors (Lipinski definition) is 6. The number of phenols is 1. The number of allylic oxidation sites excluding steroid dienone is 1. The van der Waals surface area contributed by atoms with Crippen LogP contribution in [-0.4, -0.2) is 48.2 Å². The number of aromatic hydroxyl groups is 1. The number of thiophene rings is 1. The Morgan fingerprint density at radius 3 is 2.79 bits per heavy atom. The SMILES string of the molecule is CCC/C(=C\c1ccc(O)c(F)c1)CC[C@H]1OC[C@H]2C1=C(COC)C[C@H]1C(=O)N(Cc3cccs3)C(=O)[C@H]12. The molecule has 2 saturated heterocycles. The molecule has 5 rings (SSSR count). The van der Waals surface area contributed by atoms with Crippen LogP contribution in [0.4, 0.5) is 4.39 Å². The predicted molar refractivity (Wildman–Crippen MR) is 144 cm³/mol. The summed E-state index contributed by atoms with van der Waals surface area (Å²) in [6.45, 7) is 3.29. The van der Waals surface area contributed by atoms with Crippen molar-refractivity contribution in [2.24, 2.45) is 17.8 Å². The van der Waals surface area contributed by atoms with Gasteiger partial charge in [-0.25, -0.2) is 4.39 Å². The molecule has 2 amide bonds. The minimum absolute atomic E-state index is 0.0844. The number of ether oxygens (including phenoxy) is 2. The van der Waals surface area contributed by atoms with E-state index in [1.165, 1.54) is 22.6 Å². The van der Waals surface area contributed by atoms with E-state index in [0.29, 0.717) is 26.2 Å². The molecule has 4 atom stereocenters. The lowest BCUT2D eigenvalue weighted by atomic mass is 9.69.